The van der Waals surface area contributed by atoms with E-state index in [0.717, 1.165) is 30.8 Å². The highest BCUT2D eigenvalue weighted by atomic mass is 16.3. The average molecular weight is 221 g/mol. The number of hydrogen-bond acceptors (Lipinski definition) is 4. The summed E-state index contributed by atoms with van der Waals surface area (Å²) in [5.74, 6) is 0. The molecule has 0 amide bonds. The van der Waals surface area contributed by atoms with Gasteiger partial charge in [-0.2, -0.15) is 0 Å². The molecule has 16 heavy (non-hydrogen) atoms. The molecule has 2 atom stereocenters. The zero-order chi connectivity index (χ0) is 11.5. The number of aromatic nitrogens is 1. The van der Waals surface area contributed by atoms with E-state index in [-0.39, 0.29) is 12.1 Å². The molecule has 1 aromatic rings. The van der Waals surface area contributed by atoms with Crippen molar-refractivity contribution in [3.8, 4) is 0 Å². The molecule has 0 saturated carbocycles. The molecule has 4 heteroatoms. The number of hydrogen-bond donors (Lipinski definition) is 2. The van der Waals surface area contributed by atoms with Crippen LogP contribution in [0.4, 0.5) is 5.69 Å². The van der Waals surface area contributed by atoms with Crippen LogP contribution in [0.25, 0.3) is 0 Å². The quantitative estimate of drug-likeness (QED) is 0.784. The van der Waals surface area contributed by atoms with Gasteiger partial charge in [-0.3, -0.25) is 4.98 Å². The van der Waals surface area contributed by atoms with Crippen LogP contribution in [-0.4, -0.2) is 29.3 Å². The number of pyridine rings is 1. The number of nitrogens with zero attached hydrogens (tertiary/aromatic N) is 2. The van der Waals surface area contributed by atoms with Crippen LogP contribution < -0.4 is 10.6 Å². The largest absolute Gasteiger partial charge is 0.391 e. The lowest BCUT2D eigenvalue weighted by Crippen LogP contribution is -2.38. The number of aliphatic hydroxyl groups is 1. The lowest BCUT2D eigenvalue weighted by atomic mass is 10.1. The molecular formula is C12H19N3O. The molecule has 2 heterocycles. The first-order chi connectivity index (χ1) is 7.66. The Hall–Kier alpha value is -1.13. The second kappa shape index (κ2) is 4.80. The van der Waals surface area contributed by atoms with Crippen LogP contribution in [0.5, 0.6) is 0 Å². The molecule has 0 aromatic carbocycles. The highest BCUT2D eigenvalue weighted by Crippen LogP contribution is 2.20. The van der Waals surface area contributed by atoms with Crippen molar-refractivity contribution in [3.63, 3.8) is 0 Å². The van der Waals surface area contributed by atoms with Crippen molar-refractivity contribution in [1.82, 2.24) is 4.98 Å². The molecule has 1 aliphatic rings. The fraction of sp³-hybridized carbons (Fsp3) is 0.583. The van der Waals surface area contributed by atoms with Crippen molar-refractivity contribution in [1.29, 1.82) is 0 Å². The van der Waals surface area contributed by atoms with Crippen molar-refractivity contribution < 1.29 is 5.11 Å². The Labute approximate surface area is 96.1 Å². The highest BCUT2D eigenvalue weighted by molar-refractivity contribution is 5.45. The lowest BCUT2D eigenvalue weighted by molar-refractivity contribution is 0.154. The molecule has 0 spiro atoms. The summed E-state index contributed by atoms with van der Waals surface area (Å²) >= 11 is 0. The van der Waals surface area contributed by atoms with Gasteiger partial charge in [-0.1, -0.05) is 0 Å². The van der Waals surface area contributed by atoms with Gasteiger partial charge in [-0.05, 0) is 31.9 Å². The van der Waals surface area contributed by atoms with Crippen LogP contribution in [-0.2, 0) is 0 Å². The number of rotatable bonds is 2. The Bertz CT molecular complexity index is 337. The Morgan fingerprint density at radius 1 is 1.56 bits per heavy atom. The summed E-state index contributed by atoms with van der Waals surface area (Å²) in [6.07, 6.45) is 3.58. The molecular weight excluding hydrogens is 202 g/mol. The van der Waals surface area contributed by atoms with Gasteiger partial charge in [0.05, 0.1) is 23.7 Å². The average Bonchev–Trinajstić information content (AvgIpc) is 2.29. The molecule has 88 valence electrons. The number of β-amino-alcohol motifs (C(OH)–C–C–N with tert-alkyl or cyclic N) is 1. The molecule has 2 rings (SSSR count). The van der Waals surface area contributed by atoms with E-state index in [4.69, 9.17) is 5.73 Å². The summed E-state index contributed by atoms with van der Waals surface area (Å²) in [7, 11) is 0. The van der Waals surface area contributed by atoms with E-state index in [2.05, 4.69) is 9.88 Å². The molecule has 1 fully saturated rings. The SMILES string of the molecule is C[C@@H](N)c1ccc(N2CCCC(O)C2)cn1. The Kier molecular flexibility index (Phi) is 3.41. The smallest absolute Gasteiger partial charge is 0.0715 e. The minimum Gasteiger partial charge on any atom is -0.391 e. The minimum absolute atomic E-state index is 0.0269. The second-order valence-electron chi connectivity index (χ2n) is 4.47. The third-order valence-corrected chi connectivity index (χ3v) is 3.00. The predicted molar refractivity (Wildman–Crippen MR) is 64.3 cm³/mol. The summed E-state index contributed by atoms with van der Waals surface area (Å²) in [6.45, 7) is 3.63. The van der Waals surface area contributed by atoms with Crippen LogP contribution in [0.3, 0.4) is 0 Å². The molecule has 1 aliphatic heterocycles. The van der Waals surface area contributed by atoms with Gasteiger partial charge in [-0.15, -0.1) is 0 Å². The topological polar surface area (TPSA) is 62.4 Å². The van der Waals surface area contributed by atoms with Crippen LogP contribution >= 0.6 is 0 Å². The summed E-state index contributed by atoms with van der Waals surface area (Å²) in [6, 6.07) is 3.96. The number of anilines is 1. The first kappa shape index (κ1) is 11.4. The Morgan fingerprint density at radius 2 is 2.38 bits per heavy atom. The van der Waals surface area contributed by atoms with Crippen molar-refractivity contribution in [3.05, 3.63) is 24.0 Å². The first-order valence-electron chi connectivity index (χ1n) is 5.81. The number of nitrogens with two attached hydrogens (primary N) is 1. The maximum absolute atomic E-state index is 9.60. The zero-order valence-corrected chi connectivity index (χ0v) is 9.63. The third kappa shape index (κ3) is 2.51. The molecule has 0 radical (unpaired) electrons. The highest BCUT2D eigenvalue weighted by Gasteiger charge is 2.18. The van der Waals surface area contributed by atoms with E-state index in [1.54, 1.807) is 0 Å². The predicted octanol–water partition coefficient (Wildman–Crippen LogP) is 1.06. The Morgan fingerprint density at radius 3 is 2.94 bits per heavy atom. The fourth-order valence-corrected chi connectivity index (χ4v) is 2.04. The standard InChI is InChI=1S/C12H19N3O/c1-9(13)12-5-4-10(7-14-12)15-6-2-3-11(16)8-15/h4-5,7,9,11,16H,2-3,6,8,13H2,1H3/t9-,11?/m1/s1. The molecule has 3 N–H and O–H groups in total. The van der Waals surface area contributed by atoms with Crippen LogP contribution in [0.1, 0.15) is 31.5 Å². The van der Waals surface area contributed by atoms with Crippen LogP contribution in [0.15, 0.2) is 18.3 Å². The van der Waals surface area contributed by atoms with E-state index >= 15 is 0 Å². The minimum atomic E-state index is -0.207. The lowest BCUT2D eigenvalue weighted by Gasteiger charge is -2.31. The Balaban J connectivity index is 2.09. The van der Waals surface area contributed by atoms with Gasteiger partial charge < -0.3 is 15.7 Å². The van der Waals surface area contributed by atoms with Crippen molar-refractivity contribution >= 4 is 5.69 Å². The van der Waals surface area contributed by atoms with Crippen molar-refractivity contribution in [2.45, 2.75) is 31.9 Å². The summed E-state index contributed by atoms with van der Waals surface area (Å²) in [5, 5.41) is 9.60. The van der Waals surface area contributed by atoms with E-state index < -0.39 is 0 Å². The molecule has 1 saturated heterocycles. The number of piperidine rings is 1. The van der Waals surface area contributed by atoms with E-state index in [0.29, 0.717) is 6.54 Å². The van der Waals surface area contributed by atoms with Gasteiger partial charge in [0.25, 0.3) is 0 Å². The molecule has 0 aliphatic carbocycles. The second-order valence-corrected chi connectivity index (χ2v) is 4.47. The summed E-state index contributed by atoms with van der Waals surface area (Å²) < 4.78 is 0. The van der Waals surface area contributed by atoms with Crippen molar-refractivity contribution in [2.24, 2.45) is 5.73 Å². The molecule has 1 aromatic heterocycles. The van der Waals surface area contributed by atoms with Crippen LogP contribution in [0, 0.1) is 0 Å². The maximum atomic E-state index is 9.60. The van der Waals surface area contributed by atoms with Crippen molar-refractivity contribution in [2.75, 3.05) is 18.0 Å². The van der Waals surface area contributed by atoms with E-state index in [1.165, 1.54) is 0 Å². The monoisotopic (exact) mass is 221 g/mol. The van der Waals surface area contributed by atoms with Gasteiger partial charge >= 0.3 is 0 Å². The molecule has 4 nitrogen and oxygen atoms in total. The normalized spacial score (nSPS) is 23.2. The van der Waals surface area contributed by atoms with Crippen LogP contribution in [0.2, 0.25) is 0 Å². The van der Waals surface area contributed by atoms with Gasteiger partial charge in [-0.25, -0.2) is 0 Å². The zero-order valence-electron chi connectivity index (χ0n) is 9.63. The number of aliphatic hydroxyl groups excluding tert-OH is 1. The van der Waals surface area contributed by atoms with Gasteiger partial charge in [0.2, 0.25) is 0 Å². The van der Waals surface area contributed by atoms with Gasteiger partial charge in [0, 0.05) is 19.1 Å². The van der Waals surface area contributed by atoms with E-state index in [9.17, 15) is 5.11 Å². The molecule has 1 unspecified atom stereocenters. The summed E-state index contributed by atoms with van der Waals surface area (Å²) in [4.78, 5) is 6.50. The van der Waals surface area contributed by atoms with E-state index in [1.807, 2.05) is 25.3 Å². The fourth-order valence-electron chi connectivity index (χ4n) is 2.04. The van der Waals surface area contributed by atoms with Gasteiger partial charge in [0.1, 0.15) is 0 Å². The molecule has 0 bridgehead atoms. The summed E-state index contributed by atoms with van der Waals surface area (Å²) in [5.41, 5.74) is 7.72. The third-order valence-electron chi connectivity index (χ3n) is 3.00. The first-order valence-corrected chi connectivity index (χ1v) is 5.81. The maximum Gasteiger partial charge on any atom is 0.0715 e. The van der Waals surface area contributed by atoms with Gasteiger partial charge in [0.15, 0.2) is 0 Å².